The molecule has 0 N–H and O–H groups in total. The van der Waals surface area contributed by atoms with Gasteiger partial charge in [0.25, 0.3) is 0 Å². The third-order valence-corrected chi connectivity index (χ3v) is 4.93. The van der Waals surface area contributed by atoms with Crippen molar-refractivity contribution in [1.29, 1.82) is 0 Å². The van der Waals surface area contributed by atoms with Crippen molar-refractivity contribution in [2.24, 2.45) is 17.8 Å². The van der Waals surface area contributed by atoms with Gasteiger partial charge < -0.3 is 0 Å². The van der Waals surface area contributed by atoms with E-state index in [0.717, 1.165) is 5.92 Å². The molecule has 0 heterocycles. The molecule has 0 bridgehead atoms. The van der Waals surface area contributed by atoms with Gasteiger partial charge >= 0.3 is 0 Å². The molecule has 0 aliphatic heterocycles. The molecule has 17 heavy (non-hydrogen) atoms. The predicted octanol–water partition coefficient (Wildman–Crippen LogP) is 4.74. The molecule has 0 saturated heterocycles. The van der Waals surface area contributed by atoms with Gasteiger partial charge in [0, 0.05) is 11.8 Å². The Labute approximate surface area is 106 Å². The van der Waals surface area contributed by atoms with Gasteiger partial charge in [-0.15, -0.1) is 0 Å². The van der Waals surface area contributed by atoms with Gasteiger partial charge in [-0.05, 0) is 31.6 Å². The molecular formula is C16H28O. The van der Waals surface area contributed by atoms with E-state index in [1.165, 1.54) is 70.6 Å². The zero-order valence-corrected chi connectivity index (χ0v) is 11.4. The number of Topliss-reactive ketones (excluding diaryl/α,β-unsaturated/α-hetero) is 1. The summed E-state index contributed by atoms with van der Waals surface area (Å²) in [7, 11) is 0. The van der Waals surface area contributed by atoms with Crippen molar-refractivity contribution in [3.8, 4) is 0 Å². The number of carbonyl (C=O) groups is 1. The molecule has 0 atom stereocenters. The second kappa shape index (κ2) is 6.56. The van der Waals surface area contributed by atoms with Crippen LogP contribution in [0.4, 0.5) is 0 Å². The largest absolute Gasteiger partial charge is 0.299 e. The minimum Gasteiger partial charge on any atom is -0.299 e. The summed E-state index contributed by atoms with van der Waals surface area (Å²) in [6.45, 7) is 2.33. The van der Waals surface area contributed by atoms with Crippen LogP contribution in [0, 0.1) is 17.8 Å². The summed E-state index contributed by atoms with van der Waals surface area (Å²) in [5, 5.41) is 0. The summed E-state index contributed by atoms with van der Waals surface area (Å²) in [6.07, 6.45) is 14.0. The fourth-order valence-corrected chi connectivity index (χ4v) is 3.62. The van der Waals surface area contributed by atoms with Crippen molar-refractivity contribution in [2.45, 2.75) is 77.6 Å². The lowest BCUT2D eigenvalue weighted by atomic mass is 9.75. The monoisotopic (exact) mass is 236 g/mol. The van der Waals surface area contributed by atoms with Crippen LogP contribution in [0.3, 0.4) is 0 Å². The zero-order chi connectivity index (χ0) is 12.1. The Morgan fingerprint density at radius 2 is 1.18 bits per heavy atom. The zero-order valence-electron chi connectivity index (χ0n) is 11.4. The first-order chi connectivity index (χ1) is 8.27. The summed E-state index contributed by atoms with van der Waals surface area (Å²) < 4.78 is 0. The van der Waals surface area contributed by atoms with Gasteiger partial charge in [0.15, 0.2) is 0 Å². The molecule has 2 fully saturated rings. The van der Waals surface area contributed by atoms with E-state index in [2.05, 4.69) is 6.92 Å². The fourth-order valence-electron chi connectivity index (χ4n) is 3.62. The van der Waals surface area contributed by atoms with E-state index in [1.54, 1.807) is 0 Å². The van der Waals surface area contributed by atoms with Gasteiger partial charge in [-0.1, -0.05) is 51.9 Å². The fraction of sp³-hybridized carbons (Fsp3) is 0.938. The van der Waals surface area contributed by atoms with Crippen molar-refractivity contribution in [1.82, 2.24) is 0 Å². The number of hydrogen-bond donors (Lipinski definition) is 0. The van der Waals surface area contributed by atoms with Crippen molar-refractivity contribution in [3.05, 3.63) is 0 Å². The maximum absolute atomic E-state index is 12.5. The van der Waals surface area contributed by atoms with Crippen molar-refractivity contribution >= 4 is 5.78 Å². The van der Waals surface area contributed by atoms with Crippen LogP contribution in [-0.2, 0) is 4.79 Å². The van der Waals surface area contributed by atoms with E-state index in [1.807, 2.05) is 0 Å². The maximum atomic E-state index is 12.5. The van der Waals surface area contributed by atoms with Crippen molar-refractivity contribution in [3.63, 3.8) is 0 Å². The smallest absolute Gasteiger partial charge is 0.139 e. The molecule has 2 aliphatic rings. The molecule has 2 aliphatic carbocycles. The lowest BCUT2D eigenvalue weighted by Gasteiger charge is -2.29. The minimum atomic E-state index is 0.425. The van der Waals surface area contributed by atoms with Crippen molar-refractivity contribution in [2.75, 3.05) is 0 Å². The summed E-state index contributed by atoms with van der Waals surface area (Å²) in [5.74, 6) is 2.35. The summed E-state index contributed by atoms with van der Waals surface area (Å²) in [5.41, 5.74) is 0. The van der Waals surface area contributed by atoms with Crippen LogP contribution in [0.15, 0.2) is 0 Å². The van der Waals surface area contributed by atoms with Gasteiger partial charge in [0.1, 0.15) is 5.78 Å². The van der Waals surface area contributed by atoms with Gasteiger partial charge in [-0.3, -0.25) is 4.79 Å². The lowest BCUT2D eigenvalue weighted by Crippen LogP contribution is -2.27. The van der Waals surface area contributed by atoms with E-state index in [9.17, 15) is 4.79 Å². The highest BCUT2D eigenvalue weighted by Gasteiger charge is 2.29. The van der Waals surface area contributed by atoms with E-state index in [4.69, 9.17) is 0 Å². The quantitative estimate of drug-likeness (QED) is 0.676. The molecule has 98 valence electrons. The van der Waals surface area contributed by atoms with Crippen LogP contribution in [0.1, 0.15) is 77.6 Å². The molecule has 0 aromatic heterocycles. The van der Waals surface area contributed by atoms with Gasteiger partial charge in [0.2, 0.25) is 0 Å². The second-order valence-electron chi connectivity index (χ2n) is 6.40. The highest BCUT2D eigenvalue weighted by atomic mass is 16.1. The Morgan fingerprint density at radius 1 is 0.706 bits per heavy atom. The topological polar surface area (TPSA) is 17.1 Å². The number of hydrogen-bond acceptors (Lipinski definition) is 1. The molecule has 1 nitrogen and oxygen atoms in total. The first kappa shape index (κ1) is 13.1. The standard InChI is InChI=1S/C16H28O/c1-13-9-11-15(12-10-13)16(17)14-7-5-3-2-4-6-8-14/h13-15H,2-12H2,1H3. The Morgan fingerprint density at radius 3 is 1.76 bits per heavy atom. The van der Waals surface area contributed by atoms with Crippen LogP contribution in [-0.4, -0.2) is 5.78 Å². The van der Waals surface area contributed by atoms with E-state index >= 15 is 0 Å². The summed E-state index contributed by atoms with van der Waals surface area (Å²) >= 11 is 0. The molecule has 0 radical (unpaired) electrons. The average molecular weight is 236 g/mol. The molecular weight excluding hydrogens is 208 g/mol. The molecule has 0 aromatic rings. The van der Waals surface area contributed by atoms with Crippen LogP contribution in [0.2, 0.25) is 0 Å². The Bertz CT molecular complexity index is 230. The summed E-state index contributed by atoms with van der Waals surface area (Å²) in [6, 6.07) is 0. The first-order valence-electron chi connectivity index (χ1n) is 7.81. The van der Waals surface area contributed by atoms with E-state index < -0.39 is 0 Å². The van der Waals surface area contributed by atoms with Crippen molar-refractivity contribution < 1.29 is 4.79 Å². The van der Waals surface area contributed by atoms with Crippen LogP contribution < -0.4 is 0 Å². The lowest BCUT2D eigenvalue weighted by molar-refractivity contribution is -0.128. The Balaban J connectivity index is 1.84. The van der Waals surface area contributed by atoms with Gasteiger partial charge in [-0.25, -0.2) is 0 Å². The maximum Gasteiger partial charge on any atom is 0.139 e. The van der Waals surface area contributed by atoms with Crippen LogP contribution >= 0.6 is 0 Å². The number of carbonyl (C=O) groups excluding carboxylic acids is 1. The first-order valence-corrected chi connectivity index (χ1v) is 7.81. The van der Waals surface area contributed by atoms with Crippen LogP contribution in [0.25, 0.3) is 0 Å². The molecule has 2 saturated carbocycles. The molecule has 0 aromatic carbocycles. The normalized spacial score (nSPS) is 32.8. The summed E-state index contributed by atoms with van der Waals surface area (Å²) in [4.78, 5) is 12.5. The third kappa shape index (κ3) is 3.82. The second-order valence-corrected chi connectivity index (χ2v) is 6.40. The van der Waals surface area contributed by atoms with E-state index in [0.29, 0.717) is 17.6 Å². The van der Waals surface area contributed by atoms with Crippen LogP contribution in [0.5, 0.6) is 0 Å². The Hall–Kier alpha value is -0.330. The molecule has 0 spiro atoms. The van der Waals surface area contributed by atoms with Gasteiger partial charge in [-0.2, -0.15) is 0 Å². The number of ketones is 1. The number of rotatable bonds is 2. The van der Waals surface area contributed by atoms with E-state index in [-0.39, 0.29) is 0 Å². The third-order valence-electron chi connectivity index (χ3n) is 4.93. The highest BCUT2D eigenvalue weighted by molar-refractivity contribution is 5.83. The Kier molecular flexibility index (Phi) is 5.06. The molecule has 2 rings (SSSR count). The predicted molar refractivity (Wildman–Crippen MR) is 71.9 cm³/mol. The highest BCUT2D eigenvalue weighted by Crippen LogP contribution is 2.33. The SMILES string of the molecule is CC1CCC(C(=O)C2CCCCCCC2)CC1. The molecule has 1 heteroatoms. The minimum absolute atomic E-state index is 0.425. The molecule has 0 amide bonds. The average Bonchev–Trinajstić information content (AvgIpc) is 2.29. The molecule has 0 unspecified atom stereocenters. The van der Waals surface area contributed by atoms with Gasteiger partial charge in [0.05, 0.1) is 0 Å².